The van der Waals surface area contributed by atoms with Gasteiger partial charge in [-0.25, -0.2) is 8.42 Å². The third kappa shape index (κ3) is 5.66. The van der Waals surface area contributed by atoms with E-state index in [1.807, 2.05) is 67.7 Å². The molecule has 1 fully saturated rings. The smallest absolute Gasteiger partial charge is 0.238 e. The van der Waals surface area contributed by atoms with E-state index >= 15 is 0 Å². The molecule has 1 atom stereocenters. The molecule has 28 heavy (non-hydrogen) atoms. The van der Waals surface area contributed by atoms with Crippen LogP contribution in [-0.4, -0.2) is 62.3 Å². The quantitative estimate of drug-likeness (QED) is 0.717. The zero-order valence-electron chi connectivity index (χ0n) is 16.3. The summed E-state index contributed by atoms with van der Waals surface area (Å²) in [5.41, 5.74) is 2.16. The molecule has 1 unspecified atom stereocenters. The normalized spacial score (nSPS) is 18.2. The number of piperazine rings is 1. The first-order valence-corrected chi connectivity index (χ1v) is 11.5. The first-order valence-electron chi connectivity index (χ1n) is 9.72. The van der Waals surface area contributed by atoms with Crippen molar-refractivity contribution in [2.24, 2.45) is 0 Å². The van der Waals surface area contributed by atoms with Gasteiger partial charge in [-0.2, -0.15) is 0 Å². The number of rotatable bonds is 7. The molecule has 1 aliphatic rings. The Bertz CT molecular complexity index is 869. The molecule has 5 nitrogen and oxygen atoms in total. The summed E-state index contributed by atoms with van der Waals surface area (Å²) in [4.78, 5) is 16.8. The highest BCUT2D eigenvalue weighted by Crippen LogP contribution is 2.25. The van der Waals surface area contributed by atoms with E-state index in [1.165, 1.54) is 0 Å². The van der Waals surface area contributed by atoms with Crippen LogP contribution in [0.25, 0.3) is 0 Å². The molecule has 0 N–H and O–H groups in total. The SMILES string of the molecule is CN1CCN(C(=O)CS(=O)(=O)CCCc2ccccc2)C(c2ccccc2)C1. The van der Waals surface area contributed by atoms with Crippen LogP contribution in [0.2, 0.25) is 0 Å². The topological polar surface area (TPSA) is 57.7 Å². The van der Waals surface area contributed by atoms with Crippen molar-refractivity contribution in [3.63, 3.8) is 0 Å². The van der Waals surface area contributed by atoms with Crippen molar-refractivity contribution in [1.82, 2.24) is 9.80 Å². The van der Waals surface area contributed by atoms with Crippen molar-refractivity contribution in [2.75, 3.05) is 38.2 Å². The molecule has 0 spiro atoms. The maximum absolute atomic E-state index is 12.9. The number of hydrogen-bond donors (Lipinski definition) is 0. The summed E-state index contributed by atoms with van der Waals surface area (Å²) in [5, 5.41) is 0. The van der Waals surface area contributed by atoms with Crippen molar-refractivity contribution < 1.29 is 13.2 Å². The van der Waals surface area contributed by atoms with Crippen molar-refractivity contribution >= 4 is 15.7 Å². The van der Waals surface area contributed by atoms with E-state index in [9.17, 15) is 13.2 Å². The summed E-state index contributed by atoms with van der Waals surface area (Å²) in [5.74, 6) is -0.659. The standard InChI is InChI=1S/C22H28N2O3S/c1-23-14-15-24(21(17-23)20-12-6-3-7-13-20)22(25)18-28(26,27)16-8-11-19-9-4-2-5-10-19/h2-7,9-10,12-13,21H,8,11,14-18H2,1H3. The van der Waals surface area contributed by atoms with Gasteiger partial charge >= 0.3 is 0 Å². The predicted octanol–water partition coefficient (Wildman–Crippen LogP) is 2.55. The Hall–Kier alpha value is -2.18. The predicted molar refractivity (Wildman–Crippen MR) is 112 cm³/mol. The summed E-state index contributed by atoms with van der Waals surface area (Å²) in [7, 11) is -1.40. The van der Waals surface area contributed by atoms with E-state index < -0.39 is 15.6 Å². The van der Waals surface area contributed by atoms with Gasteiger partial charge in [0.2, 0.25) is 5.91 Å². The van der Waals surface area contributed by atoms with Crippen LogP contribution in [0, 0.1) is 0 Å². The molecule has 1 aliphatic heterocycles. The number of likely N-dealkylation sites (N-methyl/N-ethyl adjacent to an activating group) is 1. The highest BCUT2D eigenvalue weighted by atomic mass is 32.2. The molecule has 0 bridgehead atoms. The lowest BCUT2D eigenvalue weighted by Gasteiger charge is -2.40. The number of sulfone groups is 1. The van der Waals surface area contributed by atoms with E-state index in [0.717, 1.165) is 17.7 Å². The molecular weight excluding hydrogens is 372 g/mol. The van der Waals surface area contributed by atoms with Gasteiger partial charge < -0.3 is 9.80 Å². The minimum absolute atomic E-state index is 0.0391. The van der Waals surface area contributed by atoms with E-state index in [0.29, 0.717) is 25.9 Å². The minimum atomic E-state index is -3.42. The monoisotopic (exact) mass is 400 g/mol. The van der Waals surface area contributed by atoms with Gasteiger partial charge in [-0.05, 0) is 31.0 Å². The molecule has 1 heterocycles. The third-order valence-electron chi connectivity index (χ3n) is 5.20. The zero-order valence-corrected chi connectivity index (χ0v) is 17.1. The van der Waals surface area contributed by atoms with Gasteiger partial charge in [0.05, 0.1) is 11.8 Å². The highest BCUT2D eigenvalue weighted by Gasteiger charge is 2.32. The Morgan fingerprint density at radius 3 is 2.32 bits per heavy atom. The largest absolute Gasteiger partial charge is 0.332 e. The van der Waals surface area contributed by atoms with Crippen LogP contribution in [0.4, 0.5) is 0 Å². The maximum atomic E-state index is 12.9. The summed E-state index contributed by atoms with van der Waals surface area (Å²) < 4.78 is 25.0. The van der Waals surface area contributed by atoms with Gasteiger partial charge in [0.15, 0.2) is 9.84 Å². The molecule has 2 aromatic carbocycles. The minimum Gasteiger partial charge on any atom is -0.332 e. The van der Waals surface area contributed by atoms with Crippen LogP contribution in [-0.2, 0) is 21.1 Å². The molecule has 1 saturated heterocycles. The van der Waals surface area contributed by atoms with Crippen LogP contribution in [0.1, 0.15) is 23.6 Å². The lowest BCUT2D eigenvalue weighted by molar-refractivity contribution is -0.133. The molecular formula is C22H28N2O3S. The van der Waals surface area contributed by atoms with Crippen LogP contribution >= 0.6 is 0 Å². The third-order valence-corrected chi connectivity index (χ3v) is 6.79. The molecule has 0 radical (unpaired) electrons. The average Bonchev–Trinajstić information content (AvgIpc) is 2.69. The molecule has 2 aromatic rings. The second-order valence-corrected chi connectivity index (χ2v) is 9.64. The van der Waals surface area contributed by atoms with Crippen LogP contribution in [0.15, 0.2) is 60.7 Å². The van der Waals surface area contributed by atoms with Gasteiger partial charge in [0.1, 0.15) is 5.75 Å². The zero-order chi connectivity index (χ0) is 20.0. The molecule has 0 aliphatic carbocycles. The molecule has 3 rings (SSSR count). The Balaban J connectivity index is 1.61. The van der Waals surface area contributed by atoms with E-state index in [4.69, 9.17) is 0 Å². The van der Waals surface area contributed by atoms with E-state index in [2.05, 4.69) is 4.90 Å². The number of nitrogens with zero attached hydrogens (tertiary/aromatic N) is 2. The Kier molecular flexibility index (Phi) is 6.86. The van der Waals surface area contributed by atoms with Crippen molar-refractivity contribution in [2.45, 2.75) is 18.9 Å². The fourth-order valence-electron chi connectivity index (χ4n) is 3.66. The van der Waals surface area contributed by atoms with Crippen molar-refractivity contribution in [3.05, 3.63) is 71.8 Å². The average molecular weight is 401 g/mol. The van der Waals surface area contributed by atoms with Gasteiger partial charge in [0.25, 0.3) is 0 Å². The van der Waals surface area contributed by atoms with Gasteiger partial charge in [0, 0.05) is 19.6 Å². The Morgan fingerprint density at radius 2 is 1.64 bits per heavy atom. The second-order valence-electron chi connectivity index (χ2n) is 7.46. The maximum Gasteiger partial charge on any atom is 0.238 e. The number of amides is 1. The van der Waals surface area contributed by atoms with Gasteiger partial charge in [-0.15, -0.1) is 0 Å². The van der Waals surface area contributed by atoms with Crippen molar-refractivity contribution in [1.29, 1.82) is 0 Å². The lowest BCUT2D eigenvalue weighted by Crippen LogP contribution is -2.50. The van der Waals surface area contributed by atoms with Crippen LogP contribution in [0.3, 0.4) is 0 Å². The summed E-state index contributed by atoms with van der Waals surface area (Å²) >= 11 is 0. The van der Waals surface area contributed by atoms with Crippen LogP contribution < -0.4 is 0 Å². The molecule has 0 aromatic heterocycles. The van der Waals surface area contributed by atoms with E-state index in [-0.39, 0.29) is 17.7 Å². The number of carbonyl (C=O) groups is 1. The summed E-state index contributed by atoms with van der Waals surface area (Å²) in [6.07, 6.45) is 1.24. The second kappa shape index (κ2) is 9.34. The first-order chi connectivity index (χ1) is 13.4. The Labute approximate surface area is 167 Å². The molecule has 6 heteroatoms. The number of hydrogen-bond acceptors (Lipinski definition) is 4. The summed E-state index contributed by atoms with van der Waals surface area (Å²) in [6, 6.07) is 19.6. The van der Waals surface area contributed by atoms with Gasteiger partial charge in [-0.1, -0.05) is 60.7 Å². The highest BCUT2D eigenvalue weighted by molar-refractivity contribution is 7.92. The fourth-order valence-corrected chi connectivity index (χ4v) is 4.93. The van der Waals surface area contributed by atoms with Gasteiger partial charge in [-0.3, -0.25) is 4.79 Å². The number of aryl methyl sites for hydroxylation is 1. The lowest BCUT2D eigenvalue weighted by atomic mass is 10.0. The van der Waals surface area contributed by atoms with Crippen molar-refractivity contribution in [3.8, 4) is 0 Å². The summed E-state index contributed by atoms with van der Waals surface area (Å²) in [6.45, 7) is 2.02. The number of benzene rings is 2. The molecule has 1 amide bonds. The van der Waals surface area contributed by atoms with E-state index in [1.54, 1.807) is 4.90 Å². The molecule has 0 saturated carbocycles. The number of carbonyl (C=O) groups excluding carboxylic acids is 1. The Morgan fingerprint density at radius 1 is 1.00 bits per heavy atom. The van der Waals surface area contributed by atoms with Crippen LogP contribution in [0.5, 0.6) is 0 Å². The first kappa shape index (κ1) is 20.6. The molecule has 150 valence electrons. The fraction of sp³-hybridized carbons (Fsp3) is 0.409.